The minimum atomic E-state index is -1.66. The van der Waals surface area contributed by atoms with Gasteiger partial charge >= 0.3 is 5.97 Å². The van der Waals surface area contributed by atoms with Gasteiger partial charge in [0.25, 0.3) is 0 Å². The summed E-state index contributed by atoms with van der Waals surface area (Å²) in [5, 5.41) is 13.9. The third kappa shape index (κ3) is 6.19. The molecule has 0 heterocycles. The zero-order chi connectivity index (χ0) is 18.2. The largest absolute Gasteiger partial charge is 0.478 e. The molecule has 25 heavy (non-hydrogen) atoms. The van der Waals surface area contributed by atoms with Crippen LogP contribution in [0.4, 0.5) is 11.4 Å². The maximum atomic E-state index is 11.9. The maximum absolute atomic E-state index is 11.9. The number of benzene rings is 2. The van der Waals surface area contributed by atoms with Crippen LogP contribution in [0.15, 0.2) is 54.6 Å². The average molecular weight is 360 g/mol. The van der Waals surface area contributed by atoms with Gasteiger partial charge in [0.1, 0.15) is 11.5 Å². The summed E-state index contributed by atoms with van der Waals surface area (Å²) in [5.74, 6) is -2.65. The molecule has 8 heteroatoms. The van der Waals surface area contributed by atoms with E-state index in [2.05, 4.69) is 10.6 Å². The first kappa shape index (κ1) is 18.3. The number of hydrogen-bond donors (Lipinski definition) is 3. The quantitative estimate of drug-likeness (QED) is 0.696. The predicted molar refractivity (Wildman–Crippen MR) is 95.0 cm³/mol. The van der Waals surface area contributed by atoms with Crippen molar-refractivity contribution in [2.24, 2.45) is 0 Å². The van der Waals surface area contributed by atoms with Gasteiger partial charge in [-0.15, -0.1) is 0 Å². The molecule has 0 radical (unpaired) electrons. The molecular weight excluding hydrogens is 344 g/mol. The first-order valence-electron chi connectivity index (χ1n) is 7.27. The molecule has 0 aliphatic rings. The Morgan fingerprint density at radius 1 is 0.800 bits per heavy atom. The molecule has 2 aromatic carbocycles. The van der Waals surface area contributed by atoms with Gasteiger partial charge in [-0.05, 0) is 36.4 Å². The maximum Gasteiger partial charge on any atom is 0.335 e. The number of hydrogen-bond acceptors (Lipinski definition) is 4. The highest BCUT2D eigenvalue weighted by molar-refractivity contribution is 7.86. The van der Waals surface area contributed by atoms with Crippen molar-refractivity contribution in [2.75, 3.05) is 22.1 Å². The highest BCUT2D eigenvalue weighted by atomic mass is 32.2. The molecule has 0 aliphatic carbocycles. The van der Waals surface area contributed by atoms with E-state index in [-0.39, 0.29) is 17.1 Å². The van der Waals surface area contributed by atoms with E-state index in [1.807, 2.05) is 0 Å². The van der Waals surface area contributed by atoms with Gasteiger partial charge in [0.05, 0.1) is 5.56 Å². The van der Waals surface area contributed by atoms with Crippen molar-refractivity contribution in [3.05, 3.63) is 60.2 Å². The number of nitrogens with one attached hydrogen (secondary N) is 2. The first-order chi connectivity index (χ1) is 11.9. The molecule has 2 rings (SSSR count). The van der Waals surface area contributed by atoms with E-state index >= 15 is 0 Å². The number of carboxylic acids is 1. The summed E-state index contributed by atoms with van der Waals surface area (Å²) in [7, 11) is -1.66. The molecule has 0 saturated carbocycles. The van der Waals surface area contributed by atoms with Gasteiger partial charge in [0, 0.05) is 22.2 Å². The minimum Gasteiger partial charge on any atom is -0.478 e. The van der Waals surface area contributed by atoms with E-state index in [0.717, 1.165) is 0 Å². The SMILES string of the molecule is O=C(CS(=O)CC(=O)Nc1ccc(C(=O)O)cc1)Nc1ccccc1. The lowest BCUT2D eigenvalue weighted by molar-refractivity contribution is -0.114. The molecule has 1 unspecified atom stereocenters. The van der Waals surface area contributed by atoms with E-state index in [9.17, 15) is 18.6 Å². The number of carbonyl (C=O) groups is 3. The Morgan fingerprint density at radius 3 is 1.76 bits per heavy atom. The van der Waals surface area contributed by atoms with E-state index in [1.165, 1.54) is 24.3 Å². The smallest absolute Gasteiger partial charge is 0.335 e. The van der Waals surface area contributed by atoms with Gasteiger partial charge in [0.15, 0.2) is 0 Å². The number of amides is 2. The Morgan fingerprint density at radius 2 is 1.28 bits per heavy atom. The first-order valence-corrected chi connectivity index (χ1v) is 8.76. The molecule has 2 aromatic rings. The zero-order valence-electron chi connectivity index (χ0n) is 13.1. The van der Waals surface area contributed by atoms with Crippen LogP contribution in [0.1, 0.15) is 10.4 Å². The average Bonchev–Trinajstić information content (AvgIpc) is 2.55. The standard InChI is InChI=1S/C17H16N2O5S/c20-15(18-13-4-2-1-3-5-13)10-25(24)11-16(21)19-14-8-6-12(7-9-14)17(22)23/h1-9H,10-11H2,(H,18,20)(H,19,21)(H,22,23). The zero-order valence-corrected chi connectivity index (χ0v) is 13.9. The number of carbonyl (C=O) groups excluding carboxylic acids is 2. The second kappa shape index (κ2) is 8.74. The molecule has 2 amide bonds. The second-order valence-corrected chi connectivity index (χ2v) is 6.53. The van der Waals surface area contributed by atoms with Crippen LogP contribution in [0, 0.1) is 0 Å². The molecule has 0 saturated heterocycles. The summed E-state index contributed by atoms with van der Waals surface area (Å²) < 4.78 is 11.9. The fourth-order valence-corrected chi connectivity index (χ4v) is 2.79. The van der Waals surface area contributed by atoms with Crippen LogP contribution in [0.2, 0.25) is 0 Å². The lowest BCUT2D eigenvalue weighted by Crippen LogP contribution is -2.26. The summed E-state index contributed by atoms with van der Waals surface area (Å²) in [6.07, 6.45) is 0. The highest BCUT2D eigenvalue weighted by Gasteiger charge is 2.13. The van der Waals surface area contributed by atoms with Crippen LogP contribution >= 0.6 is 0 Å². The predicted octanol–water partition coefficient (Wildman–Crippen LogP) is 1.71. The van der Waals surface area contributed by atoms with E-state index in [0.29, 0.717) is 11.4 Å². The molecule has 0 fully saturated rings. The summed E-state index contributed by atoms with van der Waals surface area (Å²) in [6, 6.07) is 14.3. The molecule has 0 aromatic heterocycles. The van der Waals surface area contributed by atoms with Crippen LogP contribution < -0.4 is 10.6 Å². The fraction of sp³-hybridized carbons (Fsp3) is 0.118. The van der Waals surface area contributed by atoms with Gasteiger partial charge in [-0.1, -0.05) is 18.2 Å². The lowest BCUT2D eigenvalue weighted by Gasteiger charge is -2.07. The Kier molecular flexibility index (Phi) is 6.41. The van der Waals surface area contributed by atoms with Crippen LogP contribution in [-0.4, -0.2) is 38.6 Å². The molecule has 7 nitrogen and oxygen atoms in total. The van der Waals surface area contributed by atoms with Crippen molar-refractivity contribution >= 4 is 40.0 Å². The Balaban J connectivity index is 1.80. The third-order valence-electron chi connectivity index (χ3n) is 3.06. The topological polar surface area (TPSA) is 113 Å². The Bertz CT molecular complexity index is 790. The monoisotopic (exact) mass is 360 g/mol. The lowest BCUT2D eigenvalue weighted by atomic mass is 10.2. The van der Waals surface area contributed by atoms with Crippen molar-refractivity contribution in [1.82, 2.24) is 0 Å². The molecule has 0 spiro atoms. The second-order valence-electron chi connectivity index (χ2n) is 5.07. The molecule has 3 N–H and O–H groups in total. The normalized spacial score (nSPS) is 11.4. The molecular formula is C17H16N2O5S. The van der Waals surface area contributed by atoms with Crippen molar-refractivity contribution in [1.29, 1.82) is 0 Å². The van der Waals surface area contributed by atoms with Gasteiger partial charge in [-0.2, -0.15) is 0 Å². The highest BCUT2D eigenvalue weighted by Crippen LogP contribution is 2.10. The summed E-state index contributed by atoms with van der Waals surface area (Å²) in [5.41, 5.74) is 1.08. The summed E-state index contributed by atoms with van der Waals surface area (Å²) >= 11 is 0. The Hall–Kier alpha value is -3.00. The van der Waals surface area contributed by atoms with Crippen molar-refractivity contribution in [3.63, 3.8) is 0 Å². The number of aromatic carboxylic acids is 1. The van der Waals surface area contributed by atoms with Gasteiger partial charge in [-0.25, -0.2) is 4.79 Å². The van der Waals surface area contributed by atoms with E-state index in [1.54, 1.807) is 30.3 Å². The van der Waals surface area contributed by atoms with Crippen LogP contribution in [0.3, 0.4) is 0 Å². The number of carboxylic acid groups (broad SMARTS) is 1. The summed E-state index contributed by atoms with van der Waals surface area (Å²) in [6.45, 7) is 0. The molecule has 0 aliphatic heterocycles. The third-order valence-corrected chi connectivity index (χ3v) is 4.23. The number of rotatable bonds is 7. The summed E-state index contributed by atoms with van der Waals surface area (Å²) in [4.78, 5) is 34.3. The van der Waals surface area contributed by atoms with Gasteiger partial charge in [0.2, 0.25) is 11.8 Å². The van der Waals surface area contributed by atoms with Crippen LogP contribution in [-0.2, 0) is 20.4 Å². The minimum absolute atomic E-state index is 0.0964. The molecule has 0 bridgehead atoms. The van der Waals surface area contributed by atoms with Crippen molar-refractivity contribution in [2.45, 2.75) is 0 Å². The van der Waals surface area contributed by atoms with Crippen molar-refractivity contribution in [3.8, 4) is 0 Å². The van der Waals surface area contributed by atoms with Crippen LogP contribution in [0.25, 0.3) is 0 Å². The number of anilines is 2. The number of para-hydroxylation sites is 1. The van der Waals surface area contributed by atoms with E-state index in [4.69, 9.17) is 5.11 Å². The van der Waals surface area contributed by atoms with Crippen molar-refractivity contribution < 1.29 is 23.7 Å². The Labute approximate surface area is 146 Å². The van der Waals surface area contributed by atoms with Gasteiger partial charge in [-0.3, -0.25) is 13.8 Å². The van der Waals surface area contributed by atoms with Gasteiger partial charge < -0.3 is 15.7 Å². The fourth-order valence-electron chi connectivity index (χ4n) is 1.96. The van der Waals surface area contributed by atoms with E-state index < -0.39 is 28.6 Å². The molecule has 130 valence electrons. The molecule has 1 atom stereocenters. The van der Waals surface area contributed by atoms with Crippen LogP contribution in [0.5, 0.6) is 0 Å².